The third kappa shape index (κ3) is 1.55. The molecule has 0 aliphatic heterocycles. The first kappa shape index (κ1) is 6.81. The predicted molar refractivity (Wildman–Crippen MR) is 40.1 cm³/mol. The van der Waals surface area contributed by atoms with E-state index in [1.54, 1.807) is 0 Å². The highest BCUT2D eigenvalue weighted by molar-refractivity contribution is 4.89. The normalized spacial score (nSPS) is 36.1. The van der Waals surface area contributed by atoms with E-state index in [2.05, 4.69) is 6.58 Å². The van der Waals surface area contributed by atoms with Gasteiger partial charge < -0.3 is 5.73 Å². The average Bonchev–Trinajstić information content (AvgIpc) is 1.89. The summed E-state index contributed by atoms with van der Waals surface area (Å²) >= 11 is 0. The fraction of sp³-hybridized carbons (Fsp3) is 0.750. The lowest BCUT2D eigenvalue weighted by Crippen LogP contribution is -2.31. The van der Waals surface area contributed by atoms with Crippen molar-refractivity contribution in [3.63, 3.8) is 0 Å². The first-order chi connectivity index (χ1) is 4.34. The van der Waals surface area contributed by atoms with Crippen LogP contribution in [-0.2, 0) is 0 Å². The van der Waals surface area contributed by atoms with E-state index in [-0.39, 0.29) is 0 Å². The molecule has 0 spiro atoms. The summed E-state index contributed by atoms with van der Waals surface area (Å²) in [5, 5.41) is 0. The van der Waals surface area contributed by atoms with E-state index in [9.17, 15) is 0 Å². The fourth-order valence-electron chi connectivity index (χ4n) is 1.48. The number of rotatable bonds is 1. The largest absolute Gasteiger partial charge is 0.327 e. The molecule has 1 unspecified atom stereocenters. The van der Waals surface area contributed by atoms with Crippen molar-refractivity contribution in [2.24, 2.45) is 11.7 Å². The number of hydrogen-bond acceptors (Lipinski definition) is 1. The van der Waals surface area contributed by atoms with Crippen LogP contribution in [0.2, 0.25) is 0 Å². The van der Waals surface area contributed by atoms with Gasteiger partial charge in [0.15, 0.2) is 0 Å². The summed E-state index contributed by atoms with van der Waals surface area (Å²) in [6.45, 7) is 3.75. The Morgan fingerprint density at radius 3 is 2.44 bits per heavy atom. The van der Waals surface area contributed by atoms with Crippen LogP contribution in [0.3, 0.4) is 0 Å². The molecule has 52 valence electrons. The molecule has 1 saturated carbocycles. The lowest BCUT2D eigenvalue weighted by molar-refractivity contribution is 0.362. The molecule has 0 aromatic heterocycles. The van der Waals surface area contributed by atoms with Crippen molar-refractivity contribution in [2.75, 3.05) is 0 Å². The van der Waals surface area contributed by atoms with Crippen LogP contribution in [0.15, 0.2) is 12.7 Å². The molecule has 1 aliphatic rings. The summed E-state index contributed by atoms with van der Waals surface area (Å²) in [6, 6.07) is 0.399. The Morgan fingerprint density at radius 2 is 2.00 bits per heavy atom. The van der Waals surface area contributed by atoms with Crippen molar-refractivity contribution in [3.8, 4) is 0 Å². The van der Waals surface area contributed by atoms with Gasteiger partial charge in [0.05, 0.1) is 0 Å². The van der Waals surface area contributed by atoms with Gasteiger partial charge in [0.25, 0.3) is 0 Å². The van der Waals surface area contributed by atoms with E-state index in [0.29, 0.717) is 12.0 Å². The number of nitrogens with two attached hydrogens (primary N) is 1. The van der Waals surface area contributed by atoms with E-state index in [1.807, 2.05) is 6.08 Å². The second-order valence-corrected chi connectivity index (χ2v) is 2.85. The SMILES string of the molecule is C=CC1CCCC[C@H]1N. The van der Waals surface area contributed by atoms with Gasteiger partial charge in [0.1, 0.15) is 0 Å². The second kappa shape index (κ2) is 3.02. The molecule has 1 heteroatoms. The Morgan fingerprint density at radius 1 is 1.33 bits per heavy atom. The third-order valence-electron chi connectivity index (χ3n) is 2.18. The van der Waals surface area contributed by atoms with E-state index in [0.717, 1.165) is 0 Å². The number of hydrogen-bond donors (Lipinski definition) is 1. The fourth-order valence-corrected chi connectivity index (χ4v) is 1.48. The molecule has 2 N–H and O–H groups in total. The molecule has 0 heterocycles. The summed E-state index contributed by atoms with van der Waals surface area (Å²) in [4.78, 5) is 0. The minimum atomic E-state index is 0.399. The minimum Gasteiger partial charge on any atom is -0.327 e. The molecule has 0 bridgehead atoms. The van der Waals surface area contributed by atoms with Gasteiger partial charge in [-0.2, -0.15) is 0 Å². The molecule has 2 atom stereocenters. The Labute approximate surface area is 56.9 Å². The first-order valence-corrected chi connectivity index (χ1v) is 3.72. The topological polar surface area (TPSA) is 26.0 Å². The van der Waals surface area contributed by atoms with Gasteiger partial charge in [-0.15, -0.1) is 6.58 Å². The maximum Gasteiger partial charge on any atom is 0.0102 e. The van der Waals surface area contributed by atoms with Gasteiger partial charge in [0.2, 0.25) is 0 Å². The van der Waals surface area contributed by atoms with Crippen LogP contribution in [0.25, 0.3) is 0 Å². The molecule has 0 aromatic rings. The summed E-state index contributed by atoms with van der Waals surface area (Å²) in [5.74, 6) is 0.596. The Balaban J connectivity index is 2.38. The molecule has 1 aliphatic carbocycles. The monoisotopic (exact) mass is 125 g/mol. The van der Waals surface area contributed by atoms with E-state index in [4.69, 9.17) is 5.73 Å². The zero-order chi connectivity index (χ0) is 6.69. The summed E-state index contributed by atoms with van der Waals surface area (Å²) < 4.78 is 0. The van der Waals surface area contributed by atoms with Gasteiger partial charge in [-0.3, -0.25) is 0 Å². The Kier molecular flexibility index (Phi) is 2.29. The van der Waals surface area contributed by atoms with Crippen molar-refractivity contribution in [3.05, 3.63) is 12.7 Å². The predicted octanol–water partition coefficient (Wildman–Crippen LogP) is 1.69. The molecule has 0 radical (unpaired) electrons. The summed E-state index contributed by atoms with van der Waals surface area (Å²) in [7, 11) is 0. The molecule has 1 rings (SSSR count). The highest BCUT2D eigenvalue weighted by atomic mass is 14.6. The highest BCUT2D eigenvalue weighted by Gasteiger charge is 2.17. The molecule has 9 heavy (non-hydrogen) atoms. The molecular weight excluding hydrogens is 110 g/mol. The quantitative estimate of drug-likeness (QED) is 0.530. The van der Waals surface area contributed by atoms with Crippen LogP contribution < -0.4 is 5.73 Å². The minimum absolute atomic E-state index is 0.399. The Bertz CT molecular complexity index is 98.7. The van der Waals surface area contributed by atoms with Crippen LogP contribution in [0.5, 0.6) is 0 Å². The van der Waals surface area contributed by atoms with Crippen LogP contribution in [0.4, 0.5) is 0 Å². The average molecular weight is 125 g/mol. The van der Waals surface area contributed by atoms with E-state index in [1.165, 1.54) is 25.7 Å². The molecule has 0 aromatic carbocycles. The highest BCUT2D eigenvalue weighted by Crippen LogP contribution is 2.22. The van der Waals surface area contributed by atoms with Crippen LogP contribution in [0.1, 0.15) is 25.7 Å². The van der Waals surface area contributed by atoms with Crippen molar-refractivity contribution < 1.29 is 0 Å². The van der Waals surface area contributed by atoms with Crippen molar-refractivity contribution >= 4 is 0 Å². The van der Waals surface area contributed by atoms with Gasteiger partial charge in [0, 0.05) is 6.04 Å². The molecular formula is C8H15N. The maximum atomic E-state index is 5.82. The lowest BCUT2D eigenvalue weighted by Gasteiger charge is -2.25. The van der Waals surface area contributed by atoms with Crippen molar-refractivity contribution in [1.82, 2.24) is 0 Å². The molecule has 1 nitrogen and oxygen atoms in total. The van der Waals surface area contributed by atoms with E-state index >= 15 is 0 Å². The third-order valence-corrected chi connectivity index (χ3v) is 2.18. The zero-order valence-corrected chi connectivity index (χ0v) is 5.84. The molecule has 1 fully saturated rings. The van der Waals surface area contributed by atoms with Crippen molar-refractivity contribution in [1.29, 1.82) is 0 Å². The smallest absolute Gasteiger partial charge is 0.0102 e. The standard InChI is InChI=1S/C8H15N/c1-2-7-5-3-4-6-8(7)9/h2,7-8H,1,3-6,9H2/t7?,8-/m1/s1. The van der Waals surface area contributed by atoms with Gasteiger partial charge in [-0.1, -0.05) is 18.9 Å². The summed E-state index contributed by atoms with van der Waals surface area (Å²) in [5.41, 5.74) is 5.82. The van der Waals surface area contributed by atoms with E-state index < -0.39 is 0 Å². The maximum absolute atomic E-state index is 5.82. The van der Waals surface area contributed by atoms with Gasteiger partial charge >= 0.3 is 0 Å². The van der Waals surface area contributed by atoms with Crippen LogP contribution >= 0.6 is 0 Å². The van der Waals surface area contributed by atoms with Gasteiger partial charge in [-0.25, -0.2) is 0 Å². The molecule has 0 amide bonds. The summed E-state index contributed by atoms with van der Waals surface area (Å²) in [6.07, 6.45) is 7.10. The van der Waals surface area contributed by atoms with Crippen LogP contribution in [-0.4, -0.2) is 6.04 Å². The first-order valence-electron chi connectivity index (χ1n) is 3.72. The Hall–Kier alpha value is -0.300. The van der Waals surface area contributed by atoms with Crippen LogP contribution in [0, 0.1) is 5.92 Å². The van der Waals surface area contributed by atoms with Crippen molar-refractivity contribution in [2.45, 2.75) is 31.7 Å². The second-order valence-electron chi connectivity index (χ2n) is 2.85. The molecule has 0 saturated heterocycles. The zero-order valence-electron chi connectivity index (χ0n) is 5.84. The van der Waals surface area contributed by atoms with Gasteiger partial charge in [-0.05, 0) is 18.8 Å². The lowest BCUT2D eigenvalue weighted by atomic mass is 9.85.